The molecule has 0 spiro atoms. The van der Waals surface area contributed by atoms with Gasteiger partial charge in [-0.05, 0) is 37.0 Å². The van der Waals surface area contributed by atoms with Crippen molar-refractivity contribution >= 4 is 5.82 Å². The summed E-state index contributed by atoms with van der Waals surface area (Å²) in [6.07, 6.45) is 3.65. The zero-order chi connectivity index (χ0) is 10.4. The van der Waals surface area contributed by atoms with Gasteiger partial charge in [0, 0.05) is 12.8 Å². The molecule has 0 aromatic carbocycles. The van der Waals surface area contributed by atoms with Gasteiger partial charge < -0.3 is 10.5 Å². The molecule has 0 amide bonds. The molecule has 0 atom stereocenters. The Balaban J connectivity index is 2.49. The Morgan fingerprint density at radius 3 is 2.86 bits per heavy atom. The third-order valence-corrected chi connectivity index (χ3v) is 2.17. The molecule has 1 rings (SSSR count). The first-order valence-electron chi connectivity index (χ1n) is 5.03. The van der Waals surface area contributed by atoms with Gasteiger partial charge in [0.15, 0.2) is 0 Å². The van der Waals surface area contributed by atoms with Crippen LogP contribution in [0.4, 0.5) is 5.82 Å². The van der Waals surface area contributed by atoms with Crippen molar-refractivity contribution in [3.8, 4) is 0 Å². The van der Waals surface area contributed by atoms with Crippen molar-refractivity contribution in [2.45, 2.75) is 26.7 Å². The third kappa shape index (κ3) is 3.00. The molecule has 0 radical (unpaired) electrons. The number of anilines is 1. The number of aromatic nitrogens is 1. The molecule has 1 aromatic rings. The lowest BCUT2D eigenvalue weighted by atomic mass is 10.1. The Labute approximate surface area is 85.3 Å². The number of hydrogen-bond donors (Lipinski definition) is 1. The molecule has 3 nitrogen and oxygen atoms in total. The predicted octanol–water partition coefficient (Wildman–Crippen LogP) is 1.94. The number of rotatable bonds is 5. The minimum absolute atomic E-state index is 0.630. The van der Waals surface area contributed by atoms with Gasteiger partial charge in [0.2, 0.25) is 0 Å². The van der Waals surface area contributed by atoms with Crippen LogP contribution >= 0.6 is 0 Å². The van der Waals surface area contributed by atoms with Gasteiger partial charge in [0.1, 0.15) is 5.82 Å². The van der Waals surface area contributed by atoms with Gasteiger partial charge in [-0.2, -0.15) is 0 Å². The van der Waals surface area contributed by atoms with Crippen LogP contribution in [0, 0.1) is 6.92 Å². The maximum atomic E-state index is 5.77. The fourth-order valence-electron chi connectivity index (χ4n) is 1.36. The van der Waals surface area contributed by atoms with Crippen LogP contribution in [-0.2, 0) is 11.2 Å². The fraction of sp³-hybridized carbons (Fsp3) is 0.545. The summed E-state index contributed by atoms with van der Waals surface area (Å²) < 4.78 is 5.41. The van der Waals surface area contributed by atoms with E-state index in [9.17, 15) is 0 Å². The highest BCUT2D eigenvalue weighted by molar-refractivity contribution is 5.43. The first-order chi connectivity index (χ1) is 6.75. The summed E-state index contributed by atoms with van der Waals surface area (Å²) in [5.74, 6) is 0.630. The minimum Gasteiger partial charge on any atom is -0.383 e. The van der Waals surface area contributed by atoms with Gasteiger partial charge in [-0.25, -0.2) is 4.98 Å². The molecular formula is C11H18N2O. The van der Waals surface area contributed by atoms with Gasteiger partial charge >= 0.3 is 0 Å². The molecule has 78 valence electrons. The average Bonchev–Trinajstić information content (AvgIpc) is 2.16. The van der Waals surface area contributed by atoms with Crippen molar-refractivity contribution < 1.29 is 4.74 Å². The molecular weight excluding hydrogens is 176 g/mol. The quantitative estimate of drug-likeness (QED) is 0.729. The molecule has 0 aliphatic carbocycles. The van der Waals surface area contributed by atoms with Gasteiger partial charge in [0.05, 0.1) is 6.61 Å². The molecule has 0 unspecified atom stereocenters. The number of aryl methyl sites for hydroxylation is 1. The standard InChI is InChI=1S/C11H18N2O/c1-3-7-14-8-5-10-9(2)4-6-13-11(10)12/h4,6H,3,5,7-8H2,1-2H3,(H2,12,13). The van der Waals surface area contributed by atoms with E-state index >= 15 is 0 Å². The summed E-state index contributed by atoms with van der Waals surface area (Å²) in [6.45, 7) is 5.70. The maximum absolute atomic E-state index is 5.77. The number of ether oxygens (including phenoxy) is 1. The van der Waals surface area contributed by atoms with Crippen molar-refractivity contribution in [2.24, 2.45) is 0 Å². The highest BCUT2D eigenvalue weighted by atomic mass is 16.5. The maximum Gasteiger partial charge on any atom is 0.126 e. The number of pyridine rings is 1. The van der Waals surface area contributed by atoms with Crippen LogP contribution in [-0.4, -0.2) is 18.2 Å². The number of hydrogen-bond acceptors (Lipinski definition) is 3. The number of nitrogens with zero attached hydrogens (tertiary/aromatic N) is 1. The van der Waals surface area contributed by atoms with Crippen LogP contribution in [0.2, 0.25) is 0 Å². The van der Waals surface area contributed by atoms with Crippen molar-refractivity contribution in [3.05, 3.63) is 23.4 Å². The number of nitrogens with two attached hydrogens (primary N) is 1. The second-order valence-electron chi connectivity index (χ2n) is 3.35. The van der Waals surface area contributed by atoms with Crippen LogP contribution < -0.4 is 5.73 Å². The molecule has 1 heterocycles. The van der Waals surface area contributed by atoms with Crippen LogP contribution in [0.15, 0.2) is 12.3 Å². The number of nitrogen functional groups attached to an aromatic ring is 1. The summed E-state index contributed by atoms with van der Waals surface area (Å²) >= 11 is 0. The summed E-state index contributed by atoms with van der Waals surface area (Å²) in [6, 6.07) is 1.98. The van der Waals surface area contributed by atoms with Gasteiger partial charge in [-0.1, -0.05) is 6.92 Å². The topological polar surface area (TPSA) is 48.1 Å². The van der Waals surface area contributed by atoms with E-state index in [-0.39, 0.29) is 0 Å². The molecule has 0 bridgehead atoms. The van der Waals surface area contributed by atoms with E-state index in [0.717, 1.165) is 31.6 Å². The Morgan fingerprint density at radius 1 is 1.43 bits per heavy atom. The van der Waals surface area contributed by atoms with E-state index in [4.69, 9.17) is 10.5 Å². The predicted molar refractivity (Wildman–Crippen MR) is 58.2 cm³/mol. The Kier molecular flexibility index (Phi) is 4.40. The zero-order valence-corrected chi connectivity index (χ0v) is 8.92. The van der Waals surface area contributed by atoms with Crippen LogP contribution in [0.5, 0.6) is 0 Å². The molecule has 0 saturated heterocycles. The first kappa shape index (κ1) is 11.0. The van der Waals surface area contributed by atoms with Gasteiger partial charge in [0.25, 0.3) is 0 Å². The lowest BCUT2D eigenvalue weighted by Crippen LogP contribution is -2.05. The molecule has 3 heteroatoms. The molecule has 0 aliphatic rings. The summed E-state index contributed by atoms with van der Waals surface area (Å²) in [5.41, 5.74) is 8.08. The smallest absolute Gasteiger partial charge is 0.126 e. The minimum atomic E-state index is 0.630. The Bertz CT molecular complexity index is 266. The highest BCUT2D eigenvalue weighted by Gasteiger charge is 2.03. The SMILES string of the molecule is CCCOCCc1c(C)ccnc1N. The molecule has 0 fully saturated rings. The monoisotopic (exact) mass is 194 g/mol. The molecule has 0 saturated carbocycles. The van der Waals surface area contributed by atoms with E-state index in [1.54, 1.807) is 6.20 Å². The average molecular weight is 194 g/mol. The van der Waals surface area contributed by atoms with Crippen LogP contribution in [0.25, 0.3) is 0 Å². The molecule has 2 N–H and O–H groups in total. The van der Waals surface area contributed by atoms with Crippen LogP contribution in [0.3, 0.4) is 0 Å². The van der Waals surface area contributed by atoms with E-state index in [1.807, 2.05) is 13.0 Å². The van der Waals surface area contributed by atoms with E-state index in [0.29, 0.717) is 5.82 Å². The van der Waals surface area contributed by atoms with E-state index in [2.05, 4.69) is 11.9 Å². The van der Waals surface area contributed by atoms with Crippen molar-refractivity contribution in [1.29, 1.82) is 0 Å². The molecule has 1 aromatic heterocycles. The molecule has 0 aliphatic heterocycles. The Morgan fingerprint density at radius 2 is 2.21 bits per heavy atom. The zero-order valence-electron chi connectivity index (χ0n) is 8.92. The second-order valence-corrected chi connectivity index (χ2v) is 3.35. The lowest BCUT2D eigenvalue weighted by Gasteiger charge is -2.08. The van der Waals surface area contributed by atoms with Gasteiger partial charge in [-0.3, -0.25) is 0 Å². The van der Waals surface area contributed by atoms with E-state index < -0.39 is 0 Å². The second kappa shape index (κ2) is 5.60. The third-order valence-electron chi connectivity index (χ3n) is 2.17. The van der Waals surface area contributed by atoms with Gasteiger partial charge in [-0.15, -0.1) is 0 Å². The highest BCUT2D eigenvalue weighted by Crippen LogP contribution is 2.13. The van der Waals surface area contributed by atoms with Crippen LogP contribution in [0.1, 0.15) is 24.5 Å². The fourth-order valence-corrected chi connectivity index (χ4v) is 1.36. The largest absolute Gasteiger partial charge is 0.383 e. The van der Waals surface area contributed by atoms with Crippen molar-refractivity contribution in [1.82, 2.24) is 4.98 Å². The summed E-state index contributed by atoms with van der Waals surface area (Å²) in [7, 11) is 0. The summed E-state index contributed by atoms with van der Waals surface area (Å²) in [5, 5.41) is 0. The molecule has 14 heavy (non-hydrogen) atoms. The first-order valence-corrected chi connectivity index (χ1v) is 5.03. The summed E-state index contributed by atoms with van der Waals surface area (Å²) in [4.78, 5) is 4.06. The van der Waals surface area contributed by atoms with E-state index in [1.165, 1.54) is 5.56 Å². The van der Waals surface area contributed by atoms with Crippen molar-refractivity contribution in [3.63, 3.8) is 0 Å². The lowest BCUT2D eigenvalue weighted by molar-refractivity contribution is 0.138. The van der Waals surface area contributed by atoms with Crippen molar-refractivity contribution in [2.75, 3.05) is 18.9 Å². The Hall–Kier alpha value is -1.09. The normalized spacial score (nSPS) is 10.4.